The van der Waals surface area contributed by atoms with Crippen LogP contribution in [0.3, 0.4) is 0 Å². The number of aryl methyl sites for hydroxylation is 1. The lowest BCUT2D eigenvalue weighted by molar-refractivity contribution is 0.247. The highest BCUT2D eigenvalue weighted by Gasteiger charge is 2.06. The fraction of sp³-hybridized carbons (Fsp3) is 0.357. The van der Waals surface area contributed by atoms with Crippen LogP contribution in [0.15, 0.2) is 33.3 Å². The topological polar surface area (TPSA) is 47.3 Å². The van der Waals surface area contributed by atoms with E-state index >= 15 is 0 Å². The largest absolute Gasteiger partial charge is 0.485 e. The van der Waals surface area contributed by atoms with E-state index in [2.05, 4.69) is 33.3 Å². The average Bonchev–Trinajstić information content (AvgIpc) is 2.83. The number of benzene rings is 1. The van der Waals surface area contributed by atoms with Crippen molar-refractivity contribution in [3.05, 3.63) is 45.8 Å². The maximum Gasteiger partial charge on any atom is 0.174 e. The van der Waals surface area contributed by atoms with Gasteiger partial charge in [-0.15, -0.1) is 0 Å². The van der Waals surface area contributed by atoms with Gasteiger partial charge in [-0.3, -0.25) is 0 Å². The molecule has 2 aromatic rings. The standard InChI is InChI=1S/C14H17BrN2O2/c1-3-16-8-12-7-13(19-17-12)9-18-14-5-4-11(15)6-10(14)2/h4-7,16H,3,8-9H2,1-2H3. The molecule has 4 nitrogen and oxygen atoms in total. The van der Waals surface area contributed by atoms with E-state index in [0.29, 0.717) is 6.61 Å². The highest BCUT2D eigenvalue weighted by Crippen LogP contribution is 2.23. The van der Waals surface area contributed by atoms with Crippen LogP contribution in [0.25, 0.3) is 0 Å². The highest BCUT2D eigenvalue weighted by atomic mass is 79.9. The Morgan fingerprint density at radius 1 is 1.37 bits per heavy atom. The molecule has 0 saturated heterocycles. The van der Waals surface area contributed by atoms with Crippen LogP contribution in [0.2, 0.25) is 0 Å². The van der Waals surface area contributed by atoms with E-state index in [0.717, 1.165) is 40.3 Å². The van der Waals surface area contributed by atoms with Gasteiger partial charge in [0, 0.05) is 17.1 Å². The van der Waals surface area contributed by atoms with E-state index in [-0.39, 0.29) is 0 Å². The molecule has 1 aromatic carbocycles. The van der Waals surface area contributed by atoms with Gasteiger partial charge in [-0.1, -0.05) is 28.0 Å². The second kappa shape index (κ2) is 6.73. The van der Waals surface area contributed by atoms with Crippen LogP contribution in [-0.2, 0) is 13.2 Å². The predicted octanol–water partition coefficient (Wildman–Crippen LogP) is 3.43. The van der Waals surface area contributed by atoms with Crippen LogP contribution in [0, 0.1) is 6.92 Å². The SMILES string of the molecule is CCNCc1cc(COc2ccc(Br)cc2C)on1. The second-order valence-corrected chi connectivity index (χ2v) is 5.18. The number of halogens is 1. The Morgan fingerprint density at radius 3 is 2.95 bits per heavy atom. The molecule has 0 atom stereocenters. The first-order chi connectivity index (χ1) is 9.19. The first kappa shape index (κ1) is 14.1. The second-order valence-electron chi connectivity index (χ2n) is 4.26. The summed E-state index contributed by atoms with van der Waals surface area (Å²) in [5.41, 5.74) is 1.98. The Kier molecular flexibility index (Phi) is 4.99. The molecule has 102 valence electrons. The Labute approximate surface area is 121 Å². The molecule has 1 N–H and O–H groups in total. The van der Waals surface area contributed by atoms with Gasteiger partial charge < -0.3 is 14.6 Å². The highest BCUT2D eigenvalue weighted by molar-refractivity contribution is 9.10. The molecular weight excluding hydrogens is 308 g/mol. The summed E-state index contributed by atoms with van der Waals surface area (Å²) in [6.45, 7) is 6.09. The number of nitrogens with one attached hydrogen (secondary N) is 1. The lowest BCUT2D eigenvalue weighted by atomic mass is 10.2. The van der Waals surface area contributed by atoms with E-state index in [4.69, 9.17) is 9.26 Å². The van der Waals surface area contributed by atoms with Gasteiger partial charge in [0.2, 0.25) is 0 Å². The van der Waals surface area contributed by atoms with Crippen molar-refractivity contribution in [1.82, 2.24) is 10.5 Å². The molecule has 0 aliphatic carbocycles. The molecule has 5 heteroatoms. The van der Waals surface area contributed by atoms with Crippen molar-refractivity contribution in [3.8, 4) is 5.75 Å². The van der Waals surface area contributed by atoms with Crippen LogP contribution in [0.1, 0.15) is 23.9 Å². The zero-order valence-electron chi connectivity index (χ0n) is 11.1. The van der Waals surface area contributed by atoms with Crippen LogP contribution < -0.4 is 10.1 Å². The molecule has 0 aliphatic rings. The van der Waals surface area contributed by atoms with Gasteiger partial charge in [-0.2, -0.15) is 0 Å². The summed E-state index contributed by atoms with van der Waals surface area (Å²) in [5, 5.41) is 7.18. The summed E-state index contributed by atoms with van der Waals surface area (Å²) in [5.74, 6) is 1.59. The van der Waals surface area contributed by atoms with Crippen molar-refractivity contribution in [2.75, 3.05) is 6.54 Å². The van der Waals surface area contributed by atoms with Crippen LogP contribution in [0.4, 0.5) is 0 Å². The van der Waals surface area contributed by atoms with E-state index in [1.807, 2.05) is 31.2 Å². The Bertz CT molecular complexity index is 540. The van der Waals surface area contributed by atoms with Gasteiger partial charge >= 0.3 is 0 Å². The molecular formula is C14H17BrN2O2. The number of hydrogen-bond acceptors (Lipinski definition) is 4. The van der Waals surface area contributed by atoms with Crippen molar-refractivity contribution in [1.29, 1.82) is 0 Å². The van der Waals surface area contributed by atoms with Crippen molar-refractivity contribution in [3.63, 3.8) is 0 Å². The maximum atomic E-state index is 5.72. The normalized spacial score (nSPS) is 10.7. The maximum absolute atomic E-state index is 5.72. The Hall–Kier alpha value is -1.33. The first-order valence-corrected chi connectivity index (χ1v) is 7.02. The summed E-state index contributed by atoms with van der Waals surface area (Å²) in [4.78, 5) is 0. The number of nitrogens with zero attached hydrogens (tertiary/aromatic N) is 1. The molecule has 2 rings (SSSR count). The summed E-state index contributed by atoms with van der Waals surface area (Å²) in [6.07, 6.45) is 0. The zero-order valence-corrected chi connectivity index (χ0v) is 12.7. The molecule has 19 heavy (non-hydrogen) atoms. The molecule has 1 heterocycles. The van der Waals surface area contributed by atoms with Crippen molar-refractivity contribution < 1.29 is 9.26 Å². The molecule has 0 unspecified atom stereocenters. The van der Waals surface area contributed by atoms with Gasteiger partial charge in [0.15, 0.2) is 5.76 Å². The number of rotatable bonds is 6. The van der Waals surface area contributed by atoms with E-state index in [1.54, 1.807) is 0 Å². The fourth-order valence-corrected chi connectivity index (χ4v) is 2.16. The average molecular weight is 325 g/mol. The zero-order chi connectivity index (χ0) is 13.7. The predicted molar refractivity (Wildman–Crippen MR) is 77.1 cm³/mol. The number of ether oxygens (including phenoxy) is 1. The van der Waals surface area contributed by atoms with Gasteiger partial charge in [0.05, 0.1) is 5.69 Å². The third-order valence-corrected chi connectivity index (χ3v) is 3.16. The third-order valence-electron chi connectivity index (χ3n) is 2.67. The van der Waals surface area contributed by atoms with Gasteiger partial charge in [-0.25, -0.2) is 0 Å². The van der Waals surface area contributed by atoms with Crippen LogP contribution >= 0.6 is 15.9 Å². The van der Waals surface area contributed by atoms with E-state index < -0.39 is 0 Å². The molecule has 0 radical (unpaired) electrons. The van der Waals surface area contributed by atoms with Crippen molar-refractivity contribution in [2.45, 2.75) is 27.0 Å². The summed E-state index contributed by atoms with van der Waals surface area (Å²) >= 11 is 3.43. The quantitative estimate of drug-likeness (QED) is 0.884. The fourth-order valence-electron chi connectivity index (χ4n) is 1.68. The van der Waals surface area contributed by atoms with Crippen molar-refractivity contribution >= 4 is 15.9 Å². The van der Waals surface area contributed by atoms with Gasteiger partial charge in [0.25, 0.3) is 0 Å². The summed E-state index contributed by atoms with van der Waals surface area (Å²) < 4.78 is 12.0. The molecule has 0 aliphatic heterocycles. The lowest BCUT2D eigenvalue weighted by Crippen LogP contribution is -2.11. The first-order valence-electron chi connectivity index (χ1n) is 6.23. The molecule has 0 amide bonds. The minimum atomic E-state index is 0.390. The van der Waals surface area contributed by atoms with Crippen LogP contribution in [0.5, 0.6) is 5.75 Å². The van der Waals surface area contributed by atoms with Gasteiger partial charge in [0.1, 0.15) is 12.4 Å². The number of aromatic nitrogens is 1. The molecule has 1 aromatic heterocycles. The Morgan fingerprint density at radius 2 is 2.21 bits per heavy atom. The smallest absolute Gasteiger partial charge is 0.174 e. The summed E-state index contributed by atoms with van der Waals surface area (Å²) in [7, 11) is 0. The Balaban J connectivity index is 1.92. The molecule has 0 fully saturated rings. The lowest BCUT2D eigenvalue weighted by Gasteiger charge is -2.07. The third kappa shape index (κ3) is 4.08. The number of hydrogen-bond donors (Lipinski definition) is 1. The van der Waals surface area contributed by atoms with Crippen molar-refractivity contribution in [2.24, 2.45) is 0 Å². The molecule has 0 saturated carbocycles. The van der Waals surface area contributed by atoms with Crippen LogP contribution in [-0.4, -0.2) is 11.7 Å². The molecule has 0 bridgehead atoms. The minimum absolute atomic E-state index is 0.390. The molecule has 0 spiro atoms. The van der Waals surface area contributed by atoms with Gasteiger partial charge in [-0.05, 0) is 37.2 Å². The van der Waals surface area contributed by atoms with E-state index in [9.17, 15) is 0 Å². The minimum Gasteiger partial charge on any atom is -0.485 e. The monoisotopic (exact) mass is 324 g/mol. The summed E-state index contributed by atoms with van der Waals surface area (Å²) in [6, 6.07) is 7.83. The van der Waals surface area contributed by atoms with E-state index in [1.165, 1.54) is 0 Å².